The third-order valence-electron chi connectivity index (χ3n) is 6.70. The van der Waals surface area contributed by atoms with Gasteiger partial charge in [0.05, 0.1) is 64.0 Å². The van der Waals surface area contributed by atoms with E-state index in [4.69, 9.17) is 28.4 Å². The lowest BCUT2D eigenvalue weighted by Crippen LogP contribution is -2.32. The summed E-state index contributed by atoms with van der Waals surface area (Å²) in [5, 5.41) is 43.1. The highest BCUT2D eigenvalue weighted by Gasteiger charge is 2.23. The van der Waals surface area contributed by atoms with Crippen LogP contribution in [0.1, 0.15) is 0 Å². The number of benzene rings is 3. The van der Waals surface area contributed by atoms with Crippen molar-refractivity contribution in [2.45, 2.75) is 0 Å². The van der Waals surface area contributed by atoms with E-state index in [9.17, 15) is 10.4 Å². The largest absolute Gasteiger partial charge is 0.710 e. The molecule has 5 aromatic rings. The van der Waals surface area contributed by atoms with Gasteiger partial charge in [-0.3, -0.25) is 0 Å². The van der Waals surface area contributed by atoms with Gasteiger partial charge in [0.2, 0.25) is 11.5 Å². The molecule has 0 atom stereocenters. The second kappa shape index (κ2) is 12.5. The fraction of sp³-hybridized carbons (Fsp3) is 0.200. The molecule has 2 heterocycles. The average molecular weight is 601 g/mol. The van der Waals surface area contributed by atoms with Crippen LogP contribution in [0.4, 0.5) is 0 Å². The van der Waals surface area contributed by atoms with Gasteiger partial charge in [-0.25, -0.2) is 9.46 Å². The Hall–Kier alpha value is -5.92. The lowest BCUT2D eigenvalue weighted by atomic mass is 10.1. The summed E-state index contributed by atoms with van der Waals surface area (Å²) in [5.74, 6) is 2.46. The van der Waals surface area contributed by atoms with Gasteiger partial charge in [-0.15, -0.1) is 0 Å². The van der Waals surface area contributed by atoms with E-state index in [0.717, 1.165) is 0 Å². The molecular weight excluding hydrogens is 572 g/mol. The zero-order chi connectivity index (χ0) is 31.4. The maximum atomic E-state index is 13.1. The quantitative estimate of drug-likeness (QED) is 0.170. The SMILES string of the molecule is COc1cc(-c2c[n+]([O-])c(-c3cccc(-c4nnc(-c5cc(OC)c(OC)c(OC)c5)c[n+]4[O-])c3)nn2)cc(OC)c1OC. The van der Waals surface area contributed by atoms with Crippen molar-refractivity contribution < 1.29 is 37.9 Å². The summed E-state index contributed by atoms with van der Waals surface area (Å²) in [4.78, 5) is 0. The van der Waals surface area contributed by atoms with E-state index in [1.165, 1.54) is 55.1 Å². The third-order valence-corrected chi connectivity index (χ3v) is 6.70. The van der Waals surface area contributed by atoms with E-state index in [0.29, 0.717) is 66.2 Å². The fourth-order valence-corrected chi connectivity index (χ4v) is 4.58. The van der Waals surface area contributed by atoms with Crippen LogP contribution in [-0.4, -0.2) is 63.1 Å². The van der Waals surface area contributed by atoms with Crippen LogP contribution in [0, 0.1) is 10.4 Å². The van der Waals surface area contributed by atoms with E-state index in [1.54, 1.807) is 48.5 Å². The number of nitrogens with zero attached hydrogens (tertiary/aromatic N) is 6. The highest BCUT2D eigenvalue weighted by molar-refractivity contribution is 5.70. The molecule has 0 spiro atoms. The Morgan fingerprint density at radius 3 is 1.14 bits per heavy atom. The topological polar surface area (TPSA) is 161 Å². The van der Waals surface area contributed by atoms with Crippen molar-refractivity contribution in [3.8, 4) is 79.8 Å². The van der Waals surface area contributed by atoms with Crippen molar-refractivity contribution in [3.63, 3.8) is 0 Å². The smallest absolute Gasteiger partial charge is 0.360 e. The zero-order valence-electron chi connectivity index (χ0n) is 24.7. The number of hydrogen-bond acceptors (Lipinski definition) is 12. The summed E-state index contributed by atoms with van der Waals surface area (Å²) in [6.07, 6.45) is 2.57. The van der Waals surface area contributed by atoms with E-state index >= 15 is 0 Å². The van der Waals surface area contributed by atoms with E-state index in [-0.39, 0.29) is 23.0 Å². The van der Waals surface area contributed by atoms with Gasteiger partial charge in [0.25, 0.3) is 0 Å². The molecule has 0 amide bonds. The Morgan fingerprint density at radius 1 is 0.477 bits per heavy atom. The van der Waals surface area contributed by atoms with Crippen LogP contribution in [0.5, 0.6) is 34.5 Å². The maximum absolute atomic E-state index is 13.1. The van der Waals surface area contributed by atoms with Gasteiger partial charge < -0.3 is 38.8 Å². The molecule has 0 N–H and O–H groups in total. The van der Waals surface area contributed by atoms with Gasteiger partial charge >= 0.3 is 11.6 Å². The molecule has 14 nitrogen and oxygen atoms in total. The molecule has 3 aromatic carbocycles. The minimum atomic E-state index is 0.0162. The molecule has 5 rings (SSSR count). The monoisotopic (exact) mass is 600 g/mol. The Labute approximate surface area is 252 Å². The van der Waals surface area contributed by atoms with Gasteiger partial charge in [0.15, 0.2) is 34.4 Å². The van der Waals surface area contributed by atoms with Gasteiger partial charge in [0, 0.05) is 11.1 Å². The van der Waals surface area contributed by atoms with Crippen molar-refractivity contribution in [1.82, 2.24) is 20.4 Å². The predicted molar refractivity (Wildman–Crippen MR) is 157 cm³/mol. The van der Waals surface area contributed by atoms with Crippen LogP contribution in [0.25, 0.3) is 45.3 Å². The number of rotatable bonds is 10. The molecule has 14 heteroatoms. The van der Waals surface area contributed by atoms with Crippen LogP contribution in [-0.2, 0) is 0 Å². The van der Waals surface area contributed by atoms with E-state index in [1.807, 2.05) is 0 Å². The summed E-state index contributed by atoms with van der Waals surface area (Å²) in [5.41, 5.74) is 2.46. The Bertz CT molecular complexity index is 1660. The van der Waals surface area contributed by atoms with Crippen molar-refractivity contribution in [2.24, 2.45) is 0 Å². The van der Waals surface area contributed by atoms with Crippen molar-refractivity contribution in [3.05, 3.63) is 71.3 Å². The van der Waals surface area contributed by atoms with Gasteiger partial charge in [0.1, 0.15) is 12.4 Å². The molecule has 0 radical (unpaired) electrons. The predicted octanol–water partition coefficient (Wildman–Crippen LogP) is 3.25. The molecule has 0 aliphatic heterocycles. The molecule has 0 aliphatic carbocycles. The summed E-state index contributed by atoms with van der Waals surface area (Å²) in [6.45, 7) is 0. The maximum Gasteiger partial charge on any atom is 0.360 e. The standard InChI is InChI=1S/C30H28N6O8/c1-39-23-11-19(12-24(40-2)27(23)43-5)21-15-35(37)29(33-31-21)17-8-7-9-18(10-17)30-34-32-22(16-36(30)38)20-13-25(41-3)28(44-6)26(14-20)42-4/h7-16H,1-6H3. The fourth-order valence-electron chi connectivity index (χ4n) is 4.58. The van der Waals surface area contributed by atoms with Crippen molar-refractivity contribution >= 4 is 0 Å². The van der Waals surface area contributed by atoms with Gasteiger partial charge in [-0.1, -0.05) is 6.07 Å². The summed E-state index contributed by atoms with van der Waals surface area (Å²) < 4.78 is 33.5. The number of ether oxygens (including phenoxy) is 6. The molecule has 0 saturated heterocycles. The lowest BCUT2D eigenvalue weighted by Gasteiger charge is -2.14. The average Bonchev–Trinajstić information content (AvgIpc) is 3.06. The minimum Gasteiger partial charge on any atom is -0.710 e. The lowest BCUT2D eigenvalue weighted by molar-refractivity contribution is -0.597. The Morgan fingerprint density at radius 2 is 0.841 bits per heavy atom. The third kappa shape index (κ3) is 5.47. The first kappa shape index (κ1) is 29.6. The summed E-state index contributed by atoms with van der Waals surface area (Å²) in [7, 11) is 8.97. The Balaban J connectivity index is 1.47. The molecular formula is C30H28N6O8. The second-order valence-electron chi connectivity index (χ2n) is 9.14. The van der Waals surface area contributed by atoms with Gasteiger partial charge in [-0.2, -0.15) is 0 Å². The molecule has 44 heavy (non-hydrogen) atoms. The highest BCUT2D eigenvalue weighted by atomic mass is 16.5. The van der Waals surface area contributed by atoms with E-state index < -0.39 is 0 Å². The van der Waals surface area contributed by atoms with E-state index in [2.05, 4.69) is 20.4 Å². The normalized spacial score (nSPS) is 10.7. The highest BCUT2D eigenvalue weighted by Crippen LogP contribution is 2.41. The summed E-state index contributed by atoms with van der Waals surface area (Å²) in [6, 6.07) is 13.3. The number of hydrogen-bond donors (Lipinski definition) is 0. The minimum absolute atomic E-state index is 0.0162. The molecule has 0 bridgehead atoms. The molecule has 226 valence electrons. The Kier molecular flexibility index (Phi) is 8.42. The first-order valence-corrected chi connectivity index (χ1v) is 13.0. The molecule has 0 unspecified atom stereocenters. The van der Waals surface area contributed by atoms with Gasteiger partial charge in [-0.05, 0) is 52.7 Å². The number of aromatic nitrogens is 6. The summed E-state index contributed by atoms with van der Waals surface area (Å²) >= 11 is 0. The van der Waals surface area contributed by atoms with Crippen LogP contribution in [0.3, 0.4) is 0 Å². The van der Waals surface area contributed by atoms with Crippen molar-refractivity contribution in [2.75, 3.05) is 42.7 Å². The molecule has 0 fully saturated rings. The molecule has 0 saturated carbocycles. The second-order valence-corrected chi connectivity index (χ2v) is 9.14. The molecule has 0 aliphatic rings. The van der Waals surface area contributed by atoms with Crippen molar-refractivity contribution in [1.29, 1.82) is 0 Å². The number of methoxy groups -OCH3 is 6. The first-order valence-electron chi connectivity index (χ1n) is 13.0. The van der Waals surface area contributed by atoms with Crippen LogP contribution >= 0.6 is 0 Å². The van der Waals surface area contributed by atoms with Crippen LogP contribution in [0.2, 0.25) is 0 Å². The van der Waals surface area contributed by atoms with Crippen LogP contribution < -0.4 is 37.9 Å². The van der Waals surface area contributed by atoms with Crippen LogP contribution in [0.15, 0.2) is 60.9 Å². The first-order chi connectivity index (χ1) is 21.3. The molecule has 2 aromatic heterocycles. The zero-order valence-corrected chi connectivity index (χ0v) is 24.7.